The highest BCUT2D eigenvalue weighted by molar-refractivity contribution is 5.84. The van der Waals surface area contributed by atoms with Crippen LogP contribution in [-0.4, -0.2) is 19.4 Å². The first-order valence-corrected chi connectivity index (χ1v) is 7.62. The minimum Gasteiger partial charge on any atom is -0.371 e. The van der Waals surface area contributed by atoms with Gasteiger partial charge in [-0.2, -0.15) is 0 Å². The van der Waals surface area contributed by atoms with Gasteiger partial charge in [-0.25, -0.2) is 0 Å². The molecule has 0 aliphatic carbocycles. The van der Waals surface area contributed by atoms with E-state index < -0.39 is 0 Å². The summed E-state index contributed by atoms with van der Waals surface area (Å²) in [5.74, 6) is 0. The van der Waals surface area contributed by atoms with Crippen LogP contribution in [0.5, 0.6) is 0 Å². The van der Waals surface area contributed by atoms with Gasteiger partial charge in [0.25, 0.3) is 0 Å². The standard InChI is InChI=1S/C17H27NO/c1-3-5-9-13-18(14-10-6-4-2)17-12-8-7-11-16(17)15-19/h7-8,11-12,15H,3-6,9-10,13-14H2,1-2H3. The summed E-state index contributed by atoms with van der Waals surface area (Å²) in [6.07, 6.45) is 8.37. The van der Waals surface area contributed by atoms with Crippen LogP contribution in [0.2, 0.25) is 0 Å². The van der Waals surface area contributed by atoms with Gasteiger partial charge in [0.1, 0.15) is 0 Å². The topological polar surface area (TPSA) is 20.3 Å². The second-order valence-corrected chi connectivity index (χ2v) is 5.08. The highest BCUT2D eigenvalue weighted by Gasteiger charge is 2.09. The second-order valence-electron chi connectivity index (χ2n) is 5.08. The van der Waals surface area contributed by atoms with Gasteiger partial charge in [0.15, 0.2) is 6.29 Å². The first kappa shape index (κ1) is 15.7. The third-order valence-electron chi connectivity index (χ3n) is 3.47. The molecule has 0 heterocycles. The molecule has 0 aromatic heterocycles. The van der Waals surface area contributed by atoms with Crippen molar-refractivity contribution in [1.29, 1.82) is 0 Å². The molecule has 0 amide bonds. The maximum Gasteiger partial charge on any atom is 0.152 e. The molecule has 0 bridgehead atoms. The SMILES string of the molecule is CCCCCN(CCCCC)c1ccccc1C=O. The van der Waals surface area contributed by atoms with Crippen molar-refractivity contribution in [3.63, 3.8) is 0 Å². The maximum absolute atomic E-state index is 11.2. The number of anilines is 1. The minimum absolute atomic E-state index is 0.815. The zero-order valence-corrected chi connectivity index (χ0v) is 12.4. The van der Waals surface area contributed by atoms with Crippen LogP contribution in [-0.2, 0) is 0 Å². The smallest absolute Gasteiger partial charge is 0.152 e. The average molecular weight is 261 g/mol. The summed E-state index contributed by atoms with van der Waals surface area (Å²) in [5.41, 5.74) is 1.92. The maximum atomic E-state index is 11.2. The van der Waals surface area contributed by atoms with E-state index in [1.165, 1.54) is 38.5 Å². The third-order valence-corrected chi connectivity index (χ3v) is 3.47. The first-order chi connectivity index (χ1) is 9.33. The van der Waals surface area contributed by atoms with Crippen molar-refractivity contribution in [2.24, 2.45) is 0 Å². The van der Waals surface area contributed by atoms with Crippen LogP contribution in [0.4, 0.5) is 5.69 Å². The Balaban J connectivity index is 2.72. The number of benzene rings is 1. The van der Waals surface area contributed by atoms with Gasteiger partial charge < -0.3 is 4.90 Å². The summed E-state index contributed by atoms with van der Waals surface area (Å²) in [5, 5.41) is 0. The molecule has 19 heavy (non-hydrogen) atoms. The number of unbranched alkanes of at least 4 members (excludes halogenated alkanes) is 4. The van der Waals surface area contributed by atoms with E-state index in [2.05, 4.69) is 24.8 Å². The molecule has 0 saturated heterocycles. The Morgan fingerprint density at radius 3 is 2.05 bits per heavy atom. The van der Waals surface area contributed by atoms with Gasteiger partial charge in [-0.1, -0.05) is 51.7 Å². The average Bonchev–Trinajstić information content (AvgIpc) is 2.46. The van der Waals surface area contributed by atoms with Crippen LogP contribution in [0.15, 0.2) is 24.3 Å². The Morgan fingerprint density at radius 1 is 0.947 bits per heavy atom. The Bertz CT molecular complexity index is 352. The van der Waals surface area contributed by atoms with Gasteiger partial charge in [0.2, 0.25) is 0 Å². The molecule has 0 fully saturated rings. The molecule has 0 atom stereocenters. The van der Waals surface area contributed by atoms with E-state index in [4.69, 9.17) is 0 Å². The van der Waals surface area contributed by atoms with E-state index in [9.17, 15) is 4.79 Å². The van der Waals surface area contributed by atoms with Crippen molar-refractivity contribution in [3.05, 3.63) is 29.8 Å². The highest BCUT2D eigenvalue weighted by atomic mass is 16.1. The van der Waals surface area contributed by atoms with Crippen molar-refractivity contribution < 1.29 is 4.79 Å². The molecule has 1 rings (SSSR count). The highest BCUT2D eigenvalue weighted by Crippen LogP contribution is 2.20. The van der Waals surface area contributed by atoms with Gasteiger partial charge in [0.05, 0.1) is 0 Å². The first-order valence-electron chi connectivity index (χ1n) is 7.62. The van der Waals surface area contributed by atoms with Crippen molar-refractivity contribution in [3.8, 4) is 0 Å². The van der Waals surface area contributed by atoms with Gasteiger partial charge in [-0.3, -0.25) is 4.79 Å². The fourth-order valence-corrected chi connectivity index (χ4v) is 2.33. The largest absolute Gasteiger partial charge is 0.371 e. The van der Waals surface area contributed by atoms with E-state index in [1.807, 2.05) is 18.2 Å². The molecule has 0 spiro atoms. The van der Waals surface area contributed by atoms with E-state index in [1.54, 1.807) is 0 Å². The number of aldehydes is 1. The fraction of sp³-hybridized carbons (Fsp3) is 0.588. The van der Waals surface area contributed by atoms with Crippen molar-refractivity contribution in [2.75, 3.05) is 18.0 Å². The van der Waals surface area contributed by atoms with Crippen LogP contribution < -0.4 is 4.90 Å². The number of para-hydroxylation sites is 1. The molecule has 0 unspecified atom stereocenters. The summed E-state index contributed by atoms with van der Waals surface area (Å²) < 4.78 is 0. The number of carbonyl (C=O) groups excluding carboxylic acids is 1. The zero-order valence-electron chi connectivity index (χ0n) is 12.4. The van der Waals surface area contributed by atoms with E-state index in [-0.39, 0.29) is 0 Å². The third kappa shape index (κ3) is 5.46. The number of nitrogens with zero attached hydrogens (tertiary/aromatic N) is 1. The molecule has 2 nitrogen and oxygen atoms in total. The van der Waals surface area contributed by atoms with E-state index >= 15 is 0 Å². The fourth-order valence-electron chi connectivity index (χ4n) is 2.33. The van der Waals surface area contributed by atoms with Crippen LogP contribution in [0, 0.1) is 0 Å². The Kier molecular flexibility index (Phi) is 7.95. The molecule has 0 aliphatic rings. The molecule has 2 heteroatoms. The van der Waals surface area contributed by atoms with Gasteiger partial charge in [-0.15, -0.1) is 0 Å². The number of carbonyl (C=O) groups is 1. The normalized spacial score (nSPS) is 10.4. The summed E-state index contributed by atoms with van der Waals surface area (Å²) >= 11 is 0. The number of hydrogen-bond donors (Lipinski definition) is 0. The van der Waals surface area contributed by atoms with Crippen LogP contribution >= 0.6 is 0 Å². The number of hydrogen-bond acceptors (Lipinski definition) is 2. The van der Waals surface area contributed by atoms with Crippen LogP contribution in [0.1, 0.15) is 62.7 Å². The Morgan fingerprint density at radius 2 is 1.53 bits per heavy atom. The molecule has 1 aromatic rings. The lowest BCUT2D eigenvalue weighted by Gasteiger charge is -2.26. The second kappa shape index (κ2) is 9.60. The lowest BCUT2D eigenvalue weighted by atomic mass is 10.1. The lowest BCUT2D eigenvalue weighted by molar-refractivity contribution is 0.112. The van der Waals surface area contributed by atoms with Crippen LogP contribution in [0.3, 0.4) is 0 Å². The van der Waals surface area contributed by atoms with E-state index in [0.717, 1.165) is 30.6 Å². The Labute approximate surface area is 117 Å². The summed E-state index contributed by atoms with van der Waals surface area (Å²) in [7, 11) is 0. The zero-order chi connectivity index (χ0) is 13.9. The van der Waals surface area contributed by atoms with Crippen molar-refractivity contribution in [1.82, 2.24) is 0 Å². The molecule has 1 aromatic carbocycles. The molecule has 0 radical (unpaired) electrons. The predicted octanol–water partition coefficient (Wildman–Crippen LogP) is 4.69. The Hall–Kier alpha value is -1.31. The van der Waals surface area contributed by atoms with Crippen LogP contribution in [0.25, 0.3) is 0 Å². The molecular formula is C17H27NO. The van der Waals surface area contributed by atoms with Crippen molar-refractivity contribution >= 4 is 12.0 Å². The van der Waals surface area contributed by atoms with Gasteiger partial charge in [-0.05, 0) is 25.0 Å². The molecular weight excluding hydrogens is 234 g/mol. The molecule has 106 valence electrons. The molecule has 0 N–H and O–H groups in total. The van der Waals surface area contributed by atoms with Gasteiger partial charge in [0, 0.05) is 24.3 Å². The van der Waals surface area contributed by atoms with Gasteiger partial charge >= 0.3 is 0 Å². The monoisotopic (exact) mass is 261 g/mol. The lowest BCUT2D eigenvalue weighted by Crippen LogP contribution is -2.26. The predicted molar refractivity (Wildman–Crippen MR) is 83.1 cm³/mol. The molecule has 0 aliphatic heterocycles. The quantitative estimate of drug-likeness (QED) is 0.450. The molecule has 0 saturated carbocycles. The minimum atomic E-state index is 0.815. The summed E-state index contributed by atoms with van der Waals surface area (Å²) in [4.78, 5) is 13.5. The summed E-state index contributed by atoms with van der Waals surface area (Å²) in [6, 6.07) is 7.94. The van der Waals surface area contributed by atoms with E-state index in [0.29, 0.717) is 0 Å². The van der Waals surface area contributed by atoms with Crippen molar-refractivity contribution in [2.45, 2.75) is 52.4 Å². The number of rotatable bonds is 10. The summed E-state index contributed by atoms with van der Waals surface area (Å²) in [6.45, 7) is 6.56.